The highest BCUT2D eigenvalue weighted by Crippen LogP contribution is 2.36. The van der Waals surface area contributed by atoms with Gasteiger partial charge in [-0.15, -0.1) is 0 Å². The Morgan fingerprint density at radius 1 is 1.30 bits per heavy atom. The lowest BCUT2D eigenvalue weighted by Gasteiger charge is -2.40. The molecule has 116 valence electrons. The van der Waals surface area contributed by atoms with E-state index in [4.69, 9.17) is 4.74 Å². The Balaban J connectivity index is 2.00. The van der Waals surface area contributed by atoms with Crippen LogP contribution < -0.4 is 5.32 Å². The van der Waals surface area contributed by atoms with Crippen LogP contribution in [0.3, 0.4) is 0 Å². The molecule has 0 spiro atoms. The number of rotatable bonds is 3. The molecule has 2 rings (SSSR count). The normalized spacial score (nSPS) is 38.8. The fraction of sp³-hybridized carbons (Fsp3) is 0.941. The lowest BCUT2D eigenvalue weighted by atomic mass is 9.75. The first kappa shape index (κ1) is 15.8. The smallest absolute Gasteiger partial charge is 0.326 e. The molecule has 1 aliphatic carbocycles. The number of carbonyl (C=O) groups is 1. The van der Waals surface area contributed by atoms with Gasteiger partial charge >= 0.3 is 5.97 Å². The molecule has 20 heavy (non-hydrogen) atoms. The molecule has 0 bridgehead atoms. The number of hydrogen-bond acceptors (Lipinski definition) is 3. The molecule has 0 amide bonds. The predicted octanol–water partition coefficient (Wildman–Crippen LogP) is 3.52. The average Bonchev–Trinajstić information content (AvgIpc) is 2.39. The van der Waals surface area contributed by atoms with Gasteiger partial charge in [0.1, 0.15) is 11.6 Å². The fourth-order valence-corrected chi connectivity index (χ4v) is 3.75. The average molecular weight is 281 g/mol. The van der Waals surface area contributed by atoms with E-state index in [1.807, 2.05) is 6.92 Å². The monoisotopic (exact) mass is 281 g/mol. The van der Waals surface area contributed by atoms with Gasteiger partial charge in [-0.2, -0.15) is 0 Å². The molecule has 4 atom stereocenters. The van der Waals surface area contributed by atoms with Crippen molar-refractivity contribution in [1.82, 2.24) is 5.32 Å². The fourth-order valence-electron chi connectivity index (χ4n) is 3.75. The summed E-state index contributed by atoms with van der Waals surface area (Å²) in [6, 6.07) is 0. The van der Waals surface area contributed by atoms with Crippen molar-refractivity contribution < 1.29 is 9.53 Å². The number of ether oxygens (including phenoxy) is 1. The van der Waals surface area contributed by atoms with E-state index >= 15 is 0 Å². The molecular formula is C17H31NO2. The quantitative estimate of drug-likeness (QED) is 0.804. The Hall–Kier alpha value is -0.570. The zero-order chi connectivity index (χ0) is 14.8. The summed E-state index contributed by atoms with van der Waals surface area (Å²) in [6.07, 6.45) is 6.80. The minimum absolute atomic E-state index is 0.0260. The summed E-state index contributed by atoms with van der Waals surface area (Å²) < 4.78 is 5.98. The van der Waals surface area contributed by atoms with E-state index in [1.165, 1.54) is 12.8 Å². The van der Waals surface area contributed by atoms with Gasteiger partial charge < -0.3 is 10.1 Å². The summed E-state index contributed by atoms with van der Waals surface area (Å²) in [5, 5.41) is 3.37. The largest absolute Gasteiger partial charge is 0.461 e. The Bertz CT molecular complexity index is 334. The van der Waals surface area contributed by atoms with E-state index in [9.17, 15) is 4.79 Å². The van der Waals surface area contributed by atoms with Gasteiger partial charge in [-0.25, -0.2) is 0 Å². The van der Waals surface area contributed by atoms with Gasteiger partial charge in [0.25, 0.3) is 0 Å². The first-order chi connectivity index (χ1) is 9.42. The number of piperidine rings is 1. The van der Waals surface area contributed by atoms with Gasteiger partial charge in [0.15, 0.2) is 0 Å². The molecule has 1 saturated heterocycles. The number of nitrogens with one attached hydrogen (secondary N) is 1. The zero-order valence-electron chi connectivity index (χ0n) is 13.6. The first-order valence-electron chi connectivity index (χ1n) is 8.38. The molecule has 2 aliphatic rings. The van der Waals surface area contributed by atoms with Crippen molar-refractivity contribution in [3.63, 3.8) is 0 Å². The summed E-state index contributed by atoms with van der Waals surface area (Å²) in [7, 11) is 0. The van der Waals surface area contributed by atoms with E-state index in [1.54, 1.807) is 0 Å². The van der Waals surface area contributed by atoms with Gasteiger partial charge in [0.05, 0.1) is 0 Å². The van der Waals surface area contributed by atoms with E-state index < -0.39 is 5.54 Å². The molecule has 3 heteroatoms. The van der Waals surface area contributed by atoms with Gasteiger partial charge in [0, 0.05) is 0 Å². The highest BCUT2D eigenvalue weighted by molar-refractivity contribution is 5.80. The van der Waals surface area contributed by atoms with E-state index in [0.717, 1.165) is 32.2 Å². The van der Waals surface area contributed by atoms with Crippen LogP contribution in [-0.4, -0.2) is 24.2 Å². The molecule has 3 nitrogen and oxygen atoms in total. The Morgan fingerprint density at radius 3 is 2.65 bits per heavy atom. The lowest BCUT2D eigenvalue weighted by Crippen LogP contribution is -2.54. The highest BCUT2D eigenvalue weighted by atomic mass is 16.5. The summed E-state index contributed by atoms with van der Waals surface area (Å²) >= 11 is 0. The van der Waals surface area contributed by atoms with Crippen LogP contribution in [0.15, 0.2) is 0 Å². The number of hydrogen-bond donors (Lipinski definition) is 1. The second kappa shape index (κ2) is 6.46. The van der Waals surface area contributed by atoms with E-state index in [2.05, 4.69) is 26.1 Å². The Kier molecular flexibility index (Phi) is 5.11. The van der Waals surface area contributed by atoms with Crippen molar-refractivity contribution in [3.8, 4) is 0 Å². The van der Waals surface area contributed by atoms with Crippen molar-refractivity contribution >= 4 is 5.97 Å². The van der Waals surface area contributed by atoms with E-state index in [0.29, 0.717) is 17.8 Å². The third kappa shape index (κ3) is 3.55. The molecule has 0 aromatic rings. The van der Waals surface area contributed by atoms with E-state index in [-0.39, 0.29) is 12.1 Å². The van der Waals surface area contributed by atoms with Crippen LogP contribution in [0.2, 0.25) is 0 Å². The minimum atomic E-state index is -0.458. The highest BCUT2D eigenvalue weighted by Gasteiger charge is 2.40. The van der Waals surface area contributed by atoms with Crippen molar-refractivity contribution in [2.45, 2.75) is 77.9 Å². The first-order valence-corrected chi connectivity index (χ1v) is 8.38. The topological polar surface area (TPSA) is 38.3 Å². The summed E-state index contributed by atoms with van der Waals surface area (Å²) in [6.45, 7) is 9.72. The second-order valence-electron chi connectivity index (χ2n) is 7.49. The molecule has 1 saturated carbocycles. The van der Waals surface area contributed by atoms with Crippen molar-refractivity contribution in [3.05, 3.63) is 0 Å². The maximum absolute atomic E-state index is 12.6. The van der Waals surface area contributed by atoms with Crippen LogP contribution in [0.1, 0.15) is 66.2 Å². The number of carbonyl (C=O) groups excluding carboxylic acids is 1. The minimum Gasteiger partial charge on any atom is -0.461 e. The summed E-state index contributed by atoms with van der Waals surface area (Å²) in [4.78, 5) is 12.6. The molecule has 0 radical (unpaired) electrons. The van der Waals surface area contributed by atoms with Crippen LogP contribution in [-0.2, 0) is 9.53 Å². The van der Waals surface area contributed by atoms with Gasteiger partial charge in [-0.3, -0.25) is 4.79 Å². The standard InChI is InChI=1S/C17H31NO2/c1-12(2)14-8-7-13(3)11-15(14)20-16(19)17(4)9-5-6-10-18-17/h12-15,18H,5-11H2,1-4H3. The molecule has 1 N–H and O–H groups in total. The lowest BCUT2D eigenvalue weighted by molar-refractivity contribution is -0.164. The summed E-state index contributed by atoms with van der Waals surface area (Å²) in [5.41, 5.74) is -0.458. The molecular weight excluding hydrogens is 250 g/mol. The van der Waals surface area contributed by atoms with Crippen LogP contribution in [0, 0.1) is 17.8 Å². The van der Waals surface area contributed by atoms with Crippen molar-refractivity contribution in [2.75, 3.05) is 6.54 Å². The van der Waals surface area contributed by atoms with Crippen LogP contribution in [0.4, 0.5) is 0 Å². The zero-order valence-corrected chi connectivity index (χ0v) is 13.6. The molecule has 0 aromatic carbocycles. The van der Waals surface area contributed by atoms with Gasteiger partial charge in [-0.05, 0) is 63.3 Å². The number of esters is 1. The SMILES string of the molecule is CC1CCC(C(C)C)C(OC(=O)C2(C)CCCCN2)C1. The molecule has 1 aliphatic heterocycles. The van der Waals surface area contributed by atoms with Gasteiger partial charge in [0.2, 0.25) is 0 Å². The maximum atomic E-state index is 12.6. The molecule has 0 aromatic heterocycles. The molecule has 1 heterocycles. The van der Waals surface area contributed by atoms with Gasteiger partial charge in [-0.1, -0.05) is 27.2 Å². The van der Waals surface area contributed by atoms with Crippen molar-refractivity contribution in [1.29, 1.82) is 0 Å². The maximum Gasteiger partial charge on any atom is 0.326 e. The predicted molar refractivity (Wildman–Crippen MR) is 81.5 cm³/mol. The molecule has 4 unspecified atom stereocenters. The van der Waals surface area contributed by atoms with Crippen LogP contribution >= 0.6 is 0 Å². The van der Waals surface area contributed by atoms with Crippen LogP contribution in [0.5, 0.6) is 0 Å². The second-order valence-corrected chi connectivity index (χ2v) is 7.49. The van der Waals surface area contributed by atoms with Crippen molar-refractivity contribution in [2.24, 2.45) is 17.8 Å². The molecule has 2 fully saturated rings. The van der Waals surface area contributed by atoms with Crippen LogP contribution in [0.25, 0.3) is 0 Å². The Labute approximate surface area is 123 Å². The third-order valence-electron chi connectivity index (χ3n) is 5.29. The summed E-state index contributed by atoms with van der Waals surface area (Å²) in [5.74, 6) is 1.77. The third-order valence-corrected chi connectivity index (χ3v) is 5.29. The Morgan fingerprint density at radius 2 is 2.05 bits per heavy atom.